The molecule has 0 amide bonds. The molecule has 0 N–H and O–H groups in total. The Hall–Kier alpha value is -1.42. The molecule has 0 aliphatic heterocycles. The molecule has 88 valence electrons. The molecule has 1 heterocycles. The summed E-state index contributed by atoms with van der Waals surface area (Å²) in [5, 5.41) is 0. The number of carbonyl (C=O) groups excluding carboxylic acids is 1. The van der Waals surface area contributed by atoms with Crippen molar-refractivity contribution in [3.8, 4) is 0 Å². The predicted molar refractivity (Wildman–Crippen MR) is 64.0 cm³/mol. The molecule has 0 saturated carbocycles. The second-order valence-corrected chi connectivity index (χ2v) is 3.31. The predicted octanol–water partition coefficient (Wildman–Crippen LogP) is 1.76. The molecule has 0 spiro atoms. The lowest BCUT2D eigenvalue weighted by atomic mass is 10.2. The fourth-order valence-corrected chi connectivity index (χ4v) is 1.50. The number of hydrogen-bond acceptors (Lipinski definition) is 4. The van der Waals surface area contributed by atoms with Crippen LogP contribution in [0.1, 0.15) is 24.2 Å². The molecule has 4 heteroatoms. The Morgan fingerprint density at radius 1 is 1.50 bits per heavy atom. The molecule has 1 rings (SSSR count). The van der Waals surface area contributed by atoms with E-state index in [1.807, 2.05) is 18.7 Å². The molecule has 0 aliphatic carbocycles. The number of ether oxygens (including phenoxy) is 1. The quantitative estimate of drug-likeness (QED) is 0.521. The highest BCUT2D eigenvalue weighted by atomic mass is 16.5. The average molecular weight is 222 g/mol. The third-order valence-electron chi connectivity index (χ3n) is 2.33. The Balaban J connectivity index is 2.73. The summed E-state index contributed by atoms with van der Waals surface area (Å²) < 4.78 is 5.30. The molecule has 16 heavy (non-hydrogen) atoms. The van der Waals surface area contributed by atoms with Gasteiger partial charge in [-0.2, -0.15) is 0 Å². The van der Waals surface area contributed by atoms with Crippen molar-refractivity contribution in [3.05, 3.63) is 23.9 Å². The first kappa shape index (κ1) is 12.6. The second kappa shape index (κ2) is 6.95. The molecule has 0 saturated heterocycles. The largest absolute Gasteiger partial charge is 0.380 e. The van der Waals surface area contributed by atoms with Gasteiger partial charge in [0.05, 0.1) is 12.2 Å². The number of anilines is 1. The van der Waals surface area contributed by atoms with E-state index in [4.69, 9.17) is 4.74 Å². The topological polar surface area (TPSA) is 42.4 Å². The number of likely N-dealkylation sites (N-methyl/N-ethyl adjacent to an activating group) is 1. The van der Waals surface area contributed by atoms with Crippen molar-refractivity contribution in [2.75, 3.05) is 31.2 Å². The van der Waals surface area contributed by atoms with Gasteiger partial charge in [-0.3, -0.25) is 4.79 Å². The Morgan fingerprint density at radius 3 is 2.94 bits per heavy atom. The van der Waals surface area contributed by atoms with Gasteiger partial charge in [-0.25, -0.2) is 4.98 Å². The molecular weight excluding hydrogens is 204 g/mol. The van der Waals surface area contributed by atoms with Crippen LogP contribution in [0.5, 0.6) is 0 Å². The summed E-state index contributed by atoms with van der Waals surface area (Å²) in [4.78, 5) is 17.2. The molecule has 0 aliphatic rings. The molecule has 0 bridgehead atoms. The summed E-state index contributed by atoms with van der Waals surface area (Å²) in [6.45, 7) is 6.93. The summed E-state index contributed by atoms with van der Waals surface area (Å²) >= 11 is 0. The van der Waals surface area contributed by atoms with E-state index in [-0.39, 0.29) is 0 Å². The second-order valence-electron chi connectivity index (χ2n) is 3.31. The highest BCUT2D eigenvalue weighted by molar-refractivity contribution is 5.82. The first-order valence-electron chi connectivity index (χ1n) is 5.56. The number of pyridine rings is 1. The maximum Gasteiger partial charge on any atom is 0.153 e. The van der Waals surface area contributed by atoms with E-state index < -0.39 is 0 Å². The van der Waals surface area contributed by atoms with Crippen molar-refractivity contribution in [2.24, 2.45) is 0 Å². The maximum atomic E-state index is 10.9. The van der Waals surface area contributed by atoms with Crippen LogP contribution in [0, 0.1) is 0 Å². The van der Waals surface area contributed by atoms with E-state index in [0.29, 0.717) is 18.8 Å². The van der Waals surface area contributed by atoms with Crippen LogP contribution in [-0.4, -0.2) is 37.6 Å². The zero-order valence-electron chi connectivity index (χ0n) is 9.85. The number of rotatable bonds is 7. The molecule has 0 atom stereocenters. The van der Waals surface area contributed by atoms with Gasteiger partial charge in [0.2, 0.25) is 0 Å². The maximum absolute atomic E-state index is 10.9. The monoisotopic (exact) mass is 222 g/mol. The van der Waals surface area contributed by atoms with Crippen molar-refractivity contribution in [2.45, 2.75) is 13.8 Å². The van der Waals surface area contributed by atoms with E-state index in [1.165, 1.54) is 0 Å². The van der Waals surface area contributed by atoms with Crippen LogP contribution < -0.4 is 4.90 Å². The normalized spacial score (nSPS) is 10.1. The number of aromatic nitrogens is 1. The summed E-state index contributed by atoms with van der Waals surface area (Å²) in [6.07, 6.45) is 2.54. The van der Waals surface area contributed by atoms with E-state index in [2.05, 4.69) is 4.98 Å². The highest BCUT2D eigenvalue weighted by Crippen LogP contribution is 2.14. The molecular formula is C12H18N2O2. The number of aldehydes is 1. The molecule has 1 aromatic heterocycles. The fourth-order valence-electron chi connectivity index (χ4n) is 1.50. The van der Waals surface area contributed by atoms with Gasteiger partial charge in [0.15, 0.2) is 6.29 Å². The summed E-state index contributed by atoms with van der Waals surface area (Å²) in [6, 6.07) is 3.54. The van der Waals surface area contributed by atoms with Crippen molar-refractivity contribution in [1.82, 2.24) is 4.98 Å². The van der Waals surface area contributed by atoms with Crippen molar-refractivity contribution in [1.29, 1.82) is 0 Å². The Morgan fingerprint density at radius 2 is 2.31 bits per heavy atom. The molecule has 0 aromatic carbocycles. The Labute approximate surface area is 96.2 Å². The minimum absolute atomic E-state index is 0.626. The van der Waals surface area contributed by atoms with Gasteiger partial charge in [0.25, 0.3) is 0 Å². The van der Waals surface area contributed by atoms with Gasteiger partial charge in [-0.1, -0.05) is 0 Å². The standard InChI is InChI=1S/C12H18N2O2/c1-3-14(8-9-16-4-2)12-11(10-15)6-5-7-13-12/h5-7,10H,3-4,8-9H2,1-2H3. The lowest BCUT2D eigenvalue weighted by molar-refractivity contribution is 0.112. The number of nitrogens with zero attached hydrogens (tertiary/aromatic N) is 2. The van der Waals surface area contributed by atoms with Gasteiger partial charge in [-0.15, -0.1) is 0 Å². The van der Waals surface area contributed by atoms with Crippen molar-refractivity contribution in [3.63, 3.8) is 0 Å². The smallest absolute Gasteiger partial charge is 0.153 e. The van der Waals surface area contributed by atoms with E-state index in [1.54, 1.807) is 18.3 Å². The number of carbonyl (C=O) groups is 1. The summed E-state index contributed by atoms with van der Waals surface area (Å²) in [7, 11) is 0. The molecule has 0 fully saturated rings. The third-order valence-corrected chi connectivity index (χ3v) is 2.33. The number of hydrogen-bond donors (Lipinski definition) is 0. The molecule has 0 radical (unpaired) electrons. The SMILES string of the molecule is CCOCCN(CC)c1ncccc1C=O. The van der Waals surface area contributed by atoms with Gasteiger partial charge < -0.3 is 9.64 Å². The first-order valence-corrected chi connectivity index (χ1v) is 5.56. The van der Waals surface area contributed by atoms with Gasteiger partial charge >= 0.3 is 0 Å². The lowest BCUT2D eigenvalue weighted by Gasteiger charge is -2.22. The average Bonchev–Trinajstić information content (AvgIpc) is 2.35. The van der Waals surface area contributed by atoms with E-state index in [9.17, 15) is 4.79 Å². The Bertz CT molecular complexity index is 329. The first-order chi connectivity index (χ1) is 7.83. The minimum Gasteiger partial charge on any atom is -0.380 e. The van der Waals surface area contributed by atoms with Crippen molar-refractivity contribution >= 4 is 12.1 Å². The zero-order valence-corrected chi connectivity index (χ0v) is 9.85. The van der Waals surface area contributed by atoms with Crippen LogP contribution in [0.3, 0.4) is 0 Å². The van der Waals surface area contributed by atoms with E-state index >= 15 is 0 Å². The fraction of sp³-hybridized carbons (Fsp3) is 0.500. The molecule has 4 nitrogen and oxygen atoms in total. The van der Waals surface area contributed by atoms with Gasteiger partial charge in [0, 0.05) is 25.9 Å². The van der Waals surface area contributed by atoms with Crippen LogP contribution in [0.4, 0.5) is 5.82 Å². The van der Waals surface area contributed by atoms with E-state index in [0.717, 1.165) is 25.2 Å². The summed E-state index contributed by atoms with van der Waals surface area (Å²) in [5.74, 6) is 0.736. The van der Waals surface area contributed by atoms with Crippen LogP contribution in [0.15, 0.2) is 18.3 Å². The molecule has 0 unspecified atom stereocenters. The molecule has 1 aromatic rings. The van der Waals surface area contributed by atoms with Gasteiger partial charge in [0.1, 0.15) is 5.82 Å². The van der Waals surface area contributed by atoms with Crippen LogP contribution >= 0.6 is 0 Å². The van der Waals surface area contributed by atoms with Crippen LogP contribution in [0.2, 0.25) is 0 Å². The van der Waals surface area contributed by atoms with Crippen molar-refractivity contribution < 1.29 is 9.53 Å². The zero-order chi connectivity index (χ0) is 11.8. The highest BCUT2D eigenvalue weighted by Gasteiger charge is 2.09. The minimum atomic E-state index is 0.626. The lowest BCUT2D eigenvalue weighted by Crippen LogP contribution is -2.29. The van der Waals surface area contributed by atoms with Gasteiger partial charge in [-0.05, 0) is 26.0 Å². The van der Waals surface area contributed by atoms with Crippen LogP contribution in [0.25, 0.3) is 0 Å². The third kappa shape index (κ3) is 3.31. The van der Waals surface area contributed by atoms with Crippen LogP contribution in [-0.2, 0) is 4.74 Å². The Kier molecular flexibility index (Phi) is 5.50. The summed E-state index contributed by atoms with van der Waals surface area (Å²) in [5.41, 5.74) is 0.626.